The van der Waals surface area contributed by atoms with Gasteiger partial charge in [0.25, 0.3) is 0 Å². The number of nitrogens with zero attached hydrogens (tertiary/aromatic N) is 1. The summed E-state index contributed by atoms with van der Waals surface area (Å²) in [5.74, 6) is 0.906. The predicted molar refractivity (Wildman–Crippen MR) is 107 cm³/mol. The highest BCUT2D eigenvalue weighted by atomic mass is 32.1. The number of benzene rings is 2. The van der Waals surface area contributed by atoms with Crippen LogP contribution in [0.15, 0.2) is 58.3 Å². The maximum Gasteiger partial charge on any atom is 0.194 e. The highest BCUT2D eigenvalue weighted by molar-refractivity contribution is 7.27. The van der Waals surface area contributed by atoms with Crippen molar-refractivity contribution in [3.63, 3.8) is 0 Å². The molecule has 26 heavy (non-hydrogen) atoms. The smallest absolute Gasteiger partial charge is 0.194 e. The number of hydrogen-bond donors (Lipinski definition) is 0. The lowest BCUT2D eigenvalue weighted by atomic mass is 10.2. The largest absolute Gasteiger partial charge is 0.486 e. The normalized spacial score (nSPS) is 11.0. The zero-order valence-corrected chi connectivity index (χ0v) is 16.0. The first-order chi connectivity index (χ1) is 12.6. The lowest BCUT2D eigenvalue weighted by Gasteiger charge is -2.06. The topological polar surface area (TPSA) is 52.3 Å². The molecule has 0 saturated carbocycles. The van der Waals surface area contributed by atoms with E-state index in [0.29, 0.717) is 23.7 Å². The Bertz CT molecular complexity index is 1090. The van der Waals surface area contributed by atoms with Gasteiger partial charge in [0.1, 0.15) is 22.9 Å². The molecule has 130 valence electrons. The number of furan rings is 1. The fourth-order valence-corrected chi connectivity index (χ4v) is 3.77. The molecule has 1 atom stereocenters. The highest BCUT2D eigenvalue weighted by Crippen LogP contribution is 2.30. The van der Waals surface area contributed by atoms with Crippen LogP contribution in [0.4, 0.5) is 0 Å². The van der Waals surface area contributed by atoms with Crippen LogP contribution >= 0.6 is 20.6 Å². The fourth-order valence-electron chi connectivity index (χ4n) is 2.66. The molecule has 0 spiro atoms. The van der Waals surface area contributed by atoms with Crippen molar-refractivity contribution < 1.29 is 13.9 Å². The summed E-state index contributed by atoms with van der Waals surface area (Å²) in [6, 6.07) is 15.6. The van der Waals surface area contributed by atoms with Crippen molar-refractivity contribution in [3.05, 3.63) is 65.4 Å². The lowest BCUT2D eigenvalue weighted by Crippen LogP contribution is -1.99. The fraction of sp³-hybridized carbons (Fsp3) is 0.100. The van der Waals surface area contributed by atoms with E-state index in [4.69, 9.17) is 9.15 Å². The van der Waals surface area contributed by atoms with E-state index in [0.717, 1.165) is 27.0 Å². The van der Waals surface area contributed by atoms with Crippen LogP contribution in [0.25, 0.3) is 21.5 Å². The Morgan fingerprint density at radius 2 is 2.04 bits per heavy atom. The summed E-state index contributed by atoms with van der Waals surface area (Å²) in [6.07, 6.45) is 0. The van der Waals surface area contributed by atoms with Crippen LogP contribution in [-0.4, -0.2) is 10.8 Å². The number of fused-ring (bicyclic) bond motifs is 1. The van der Waals surface area contributed by atoms with E-state index < -0.39 is 0 Å². The number of aromatic nitrogens is 1. The Hall–Kier alpha value is -2.49. The third kappa shape index (κ3) is 3.41. The molecule has 0 bridgehead atoms. The zero-order chi connectivity index (χ0) is 18.1. The van der Waals surface area contributed by atoms with Gasteiger partial charge in [0.05, 0.1) is 11.1 Å². The molecule has 0 fully saturated rings. The minimum absolute atomic E-state index is 0.107. The Labute approximate surface area is 157 Å². The maximum absolute atomic E-state index is 11.6. The lowest BCUT2D eigenvalue weighted by molar-refractivity contribution is 0.0989. The quantitative estimate of drug-likeness (QED) is 0.367. The highest BCUT2D eigenvalue weighted by Gasteiger charge is 2.14. The molecule has 0 amide bonds. The van der Waals surface area contributed by atoms with Gasteiger partial charge in [0.2, 0.25) is 0 Å². The van der Waals surface area contributed by atoms with E-state index in [9.17, 15) is 4.79 Å². The molecule has 6 heteroatoms. The van der Waals surface area contributed by atoms with Crippen molar-refractivity contribution in [2.45, 2.75) is 13.5 Å². The number of carbonyl (C=O) groups is 1. The molecule has 0 saturated heterocycles. The molecule has 2 aromatic heterocycles. The Morgan fingerprint density at radius 3 is 2.81 bits per heavy atom. The summed E-state index contributed by atoms with van der Waals surface area (Å²) < 4.78 is 11.6. The molecule has 2 heterocycles. The van der Waals surface area contributed by atoms with Gasteiger partial charge in [-0.15, -0.1) is 20.6 Å². The minimum atomic E-state index is -0.107. The van der Waals surface area contributed by atoms with Gasteiger partial charge in [-0.1, -0.05) is 30.3 Å². The monoisotopic (exact) mass is 381 g/mol. The van der Waals surface area contributed by atoms with Gasteiger partial charge in [-0.3, -0.25) is 4.79 Å². The van der Waals surface area contributed by atoms with Gasteiger partial charge in [-0.05, 0) is 23.5 Å². The van der Waals surface area contributed by atoms with Crippen molar-refractivity contribution in [2.24, 2.45) is 0 Å². The number of carbonyl (C=O) groups excluding carboxylic acids is 1. The molecular formula is C20H16NO3PS. The molecule has 1 unspecified atom stereocenters. The Morgan fingerprint density at radius 1 is 1.23 bits per heavy atom. The second-order valence-corrected chi connectivity index (χ2v) is 7.42. The summed E-state index contributed by atoms with van der Waals surface area (Å²) in [5, 5.41) is 4.69. The van der Waals surface area contributed by atoms with Crippen LogP contribution in [0.5, 0.6) is 5.75 Å². The number of thiazole rings is 1. The molecule has 2 aromatic carbocycles. The van der Waals surface area contributed by atoms with E-state index in [1.54, 1.807) is 17.4 Å². The van der Waals surface area contributed by atoms with E-state index in [1.165, 1.54) is 6.92 Å². The Balaban J connectivity index is 1.58. The Kier molecular flexibility index (Phi) is 4.58. The first-order valence-electron chi connectivity index (χ1n) is 8.07. The maximum atomic E-state index is 11.6. The third-order valence-electron chi connectivity index (χ3n) is 3.92. The number of Topliss-reactive ketones (excluding diaryl/α,β-unsaturated/α-hetero) is 1. The van der Waals surface area contributed by atoms with Crippen LogP contribution in [0.3, 0.4) is 0 Å². The van der Waals surface area contributed by atoms with Gasteiger partial charge < -0.3 is 9.15 Å². The number of ether oxygens (including phenoxy) is 1. The zero-order valence-electron chi connectivity index (χ0n) is 14.1. The standard InChI is InChI=1S/C20H16NO3PS/c1-12(22)17-9-16-18(7-15(25)8-19(16)24-17)23-10-14-11-26-20(21-14)13-5-3-2-4-6-13/h2-9,11H,10,25H2,1H3. The van der Waals surface area contributed by atoms with Crippen LogP contribution in [0.1, 0.15) is 23.2 Å². The molecule has 0 N–H and O–H groups in total. The van der Waals surface area contributed by atoms with Crippen molar-refractivity contribution in [1.29, 1.82) is 0 Å². The first-order valence-corrected chi connectivity index (χ1v) is 9.52. The van der Waals surface area contributed by atoms with Crippen molar-refractivity contribution in [3.8, 4) is 16.3 Å². The van der Waals surface area contributed by atoms with Gasteiger partial charge in [-0.2, -0.15) is 0 Å². The average Bonchev–Trinajstić information content (AvgIpc) is 3.27. The summed E-state index contributed by atoms with van der Waals surface area (Å²) in [4.78, 5) is 16.2. The summed E-state index contributed by atoms with van der Waals surface area (Å²) in [5.41, 5.74) is 2.60. The van der Waals surface area contributed by atoms with E-state index in [1.807, 2.05) is 47.8 Å². The van der Waals surface area contributed by atoms with Gasteiger partial charge in [0.15, 0.2) is 11.5 Å². The third-order valence-corrected chi connectivity index (χ3v) is 5.19. The molecule has 4 rings (SSSR count). The van der Waals surface area contributed by atoms with E-state index in [-0.39, 0.29) is 5.78 Å². The molecule has 0 aliphatic carbocycles. The van der Waals surface area contributed by atoms with Gasteiger partial charge >= 0.3 is 0 Å². The van der Waals surface area contributed by atoms with E-state index in [2.05, 4.69) is 14.2 Å². The van der Waals surface area contributed by atoms with Crippen molar-refractivity contribution in [2.75, 3.05) is 0 Å². The number of rotatable bonds is 5. The van der Waals surface area contributed by atoms with Crippen LogP contribution in [0, 0.1) is 0 Å². The van der Waals surface area contributed by atoms with Crippen molar-refractivity contribution >= 4 is 42.6 Å². The van der Waals surface area contributed by atoms with Crippen LogP contribution < -0.4 is 10.0 Å². The van der Waals surface area contributed by atoms with Gasteiger partial charge in [-0.25, -0.2) is 4.98 Å². The van der Waals surface area contributed by atoms with Gasteiger partial charge in [0, 0.05) is 17.9 Å². The molecule has 0 radical (unpaired) electrons. The predicted octanol–water partition coefficient (Wildman–Crippen LogP) is 4.84. The summed E-state index contributed by atoms with van der Waals surface area (Å²) in [7, 11) is 2.63. The van der Waals surface area contributed by atoms with Crippen molar-refractivity contribution in [1.82, 2.24) is 4.98 Å². The number of ketones is 1. The molecule has 0 aliphatic rings. The molecule has 4 nitrogen and oxygen atoms in total. The molecular weight excluding hydrogens is 365 g/mol. The van der Waals surface area contributed by atoms with Crippen LogP contribution in [0.2, 0.25) is 0 Å². The number of hydrogen-bond acceptors (Lipinski definition) is 5. The molecule has 4 aromatic rings. The summed E-state index contributed by atoms with van der Waals surface area (Å²) >= 11 is 1.59. The summed E-state index contributed by atoms with van der Waals surface area (Å²) in [6.45, 7) is 1.84. The minimum Gasteiger partial charge on any atom is -0.486 e. The second-order valence-electron chi connectivity index (χ2n) is 5.90. The molecule has 0 aliphatic heterocycles. The van der Waals surface area contributed by atoms with Crippen LogP contribution in [-0.2, 0) is 6.61 Å². The second kappa shape index (κ2) is 7.02. The van der Waals surface area contributed by atoms with E-state index >= 15 is 0 Å². The average molecular weight is 381 g/mol. The SMILES string of the molecule is CC(=O)c1cc2c(OCc3csc(-c4ccccc4)n3)cc(P)cc2o1. The first kappa shape index (κ1) is 17.0.